The zero-order valence-electron chi connectivity index (χ0n) is 38.9. The summed E-state index contributed by atoms with van der Waals surface area (Å²) in [4.78, 5) is 24.8. The Balaban J connectivity index is 0.861. The lowest BCUT2D eigenvalue weighted by molar-refractivity contribution is 0.619. The van der Waals surface area contributed by atoms with Crippen molar-refractivity contribution in [3.63, 3.8) is 0 Å². The summed E-state index contributed by atoms with van der Waals surface area (Å²) in [5, 5.41) is 9.45. The molecule has 0 aliphatic heterocycles. The zero-order valence-corrected chi connectivity index (χ0v) is 38.9. The number of benzene rings is 11. The molecule has 0 bridgehead atoms. The number of hydrogen-bond donors (Lipinski definition) is 0. The maximum absolute atomic E-state index is 6.10. The molecule has 0 amide bonds. The van der Waals surface area contributed by atoms with Crippen LogP contribution in [0.3, 0.4) is 0 Å². The molecule has 15 aromatic rings. The van der Waals surface area contributed by atoms with Crippen molar-refractivity contribution in [2.24, 2.45) is 0 Å². The van der Waals surface area contributed by atoms with Crippen molar-refractivity contribution >= 4 is 76.3 Å². The fraction of sp³-hybridized carbons (Fsp3) is 0. The first-order chi connectivity index (χ1) is 36.1. The fourth-order valence-electron chi connectivity index (χ4n) is 10.5. The quantitative estimate of drug-likeness (QED) is 0.157. The van der Waals surface area contributed by atoms with Gasteiger partial charge < -0.3 is 13.4 Å². The third kappa shape index (κ3) is 6.88. The Bertz CT molecular complexity index is 4470. The lowest BCUT2D eigenvalue weighted by Crippen LogP contribution is -2.00. The molecule has 0 spiro atoms. The van der Waals surface area contributed by atoms with Crippen LogP contribution in [-0.4, -0.2) is 29.5 Å². The summed E-state index contributed by atoms with van der Waals surface area (Å²) in [7, 11) is 0. The summed E-state index contributed by atoms with van der Waals surface area (Å²) < 4.78 is 14.6. The van der Waals surface area contributed by atoms with Gasteiger partial charge in [-0.25, -0.2) is 24.9 Å². The minimum absolute atomic E-state index is 0.546. The molecule has 0 fully saturated rings. The Hall–Kier alpha value is -10.1. The van der Waals surface area contributed by atoms with Gasteiger partial charge in [0.2, 0.25) is 11.8 Å². The van der Waals surface area contributed by atoms with Gasteiger partial charge in [-0.3, -0.25) is 0 Å². The number of oxazole rings is 2. The summed E-state index contributed by atoms with van der Waals surface area (Å²) >= 11 is 0. The molecule has 0 saturated carbocycles. The highest BCUT2D eigenvalue weighted by molar-refractivity contribution is 6.25. The van der Waals surface area contributed by atoms with E-state index in [1.54, 1.807) is 0 Å². The summed E-state index contributed by atoms with van der Waals surface area (Å²) in [5.41, 5.74) is 13.2. The van der Waals surface area contributed by atoms with E-state index < -0.39 is 0 Å². The first kappa shape index (κ1) is 40.8. The van der Waals surface area contributed by atoms with E-state index >= 15 is 0 Å². The standard InChI is InChI=1S/C65H38N6O2/c1-2-15-50(16-3-1)71-55-37-44-13-5-4-12-43(44)36-52(55)60-56(71)38-47-14-6-7-17-51(47)59(60)48-32-30-46-35-49(33-31-45(46)34-48)63-69-61(39-22-26-41(27-23-39)64-66-53-18-8-10-20-57(53)72-64)68-62(70-63)40-24-28-42(29-25-40)65-67-54-19-9-11-21-58(54)73-65/h1-38H. The predicted molar refractivity (Wildman–Crippen MR) is 294 cm³/mol. The summed E-state index contributed by atoms with van der Waals surface area (Å²) in [6.45, 7) is 0. The van der Waals surface area contributed by atoms with E-state index in [1.165, 1.54) is 48.9 Å². The average molecular weight is 935 g/mol. The van der Waals surface area contributed by atoms with Gasteiger partial charge in [0.1, 0.15) is 11.0 Å². The largest absolute Gasteiger partial charge is 0.436 e. The van der Waals surface area contributed by atoms with Gasteiger partial charge in [-0.1, -0.05) is 140 Å². The minimum atomic E-state index is 0.546. The topological polar surface area (TPSA) is 95.7 Å². The normalized spacial score (nSPS) is 11.8. The molecule has 0 radical (unpaired) electrons. The first-order valence-electron chi connectivity index (χ1n) is 24.3. The number of nitrogens with zero attached hydrogens (tertiary/aromatic N) is 6. The average Bonchev–Trinajstić information content (AvgIpc) is 4.21. The monoisotopic (exact) mass is 934 g/mol. The molecular formula is C65H38N6O2. The molecule has 73 heavy (non-hydrogen) atoms. The van der Waals surface area contributed by atoms with Gasteiger partial charge in [0, 0.05) is 44.3 Å². The molecular weight excluding hydrogens is 897 g/mol. The molecule has 4 aromatic heterocycles. The fourth-order valence-corrected chi connectivity index (χ4v) is 10.5. The third-order valence-corrected chi connectivity index (χ3v) is 14.0. The van der Waals surface area contributed by atoms with E-state index in [1.807, 2.05) is 97.1 Å². The van der Waals surface area contributed by atoms with E-state index in [0.717, 1.165) is 72.0 Å². The Morgan fingerprint density at radius 3 is 1.37 bits per heavy atom. The van der Waals surface area contributed by atoms with Crippen LogP contribution in [0, 0.1) is 0 Å². The van der Waals surface area contributed by atoms with E-state index in [0.29, 0.717) is 29.3 Å². The molecule has 0 saturated heterocycles. The van der Waals surface area contributed by atoms with Crippen LogP contribution in [-0.2, 0) is 0 Å². The highest BCUT2D eigenvalue weighted by atomic mass is 16.4. The van der Waals surface area contributed by atoms with E-state index in [-0.39, 0.29) is 0 Å². The molecule has 0 aliphatic rings. The van der Waals surface area contributed by atoms with Gasteiger partial charge in [0.05, 0.1) is 11.0 Å². The van der Waals surface area contributed by atoms with Gasteiger partial charge in [0.15, 0.2) is 28.6 Å². The van der Waals surface area contributed by atoms with Gasteiger partial charge >= 0.3 is 0 Å². The van der Waals surface area contributed by atoms with E-state index in [9.17, 15) is 0 Å². The van der Waals surface area contributed by atoms with Crippen molar-refractivity contribution in [1.82, 2.24) is 29.5 Å². The smallest absolute Gasteiger partial charge is 0.227 e. The number of hydrogen-bond acceptors (Lipinski definition) is 7. The Labute approximate surface area is 417 Å². The van der Waals surface area contributed by atoms with Crippen LogP contribution in [0.15, 0.2) is 239 Å². The van der Waals surface area contributed by atoms with E-state index in [2.05, 4.69) is 138 Å². The second-order valence-electron chi connectivity index (χ2n) is 18.5. The lowest BCUT2D eigenvalue weighted by atomic mass is 9.91. The molecule has 0 unspecified atom stereocenters. The van der Waals surface area contributed by atoms with Crippen molar-refractivity contribution in [3.05, 3.63) is 231 Å². The van der Waals surface area contributed by atoms with Crippen LogP contribution in [0.2, 0.25) is 0 Å². The Kier molecular flexibility index (Phi) is 9.09. The van der Waals surface area contributed by atoms with Crippen LogP contribution in [0.5, 0.6) is 0 Å². The SMILES string of the molecule is c1ccc(-n2c3cc4ccccc4cc3c3c(-c4ccc5cc(-c6nc(-c7ccc(-c8nc9ccccc9o8)cc7)nc(-c7ccc(-c8nc9ccccc9o8)cc7)n6)ccc5c4)c4ccccc4cc32)cc1. The highest BCUT2D eigenvalue weighted by Gasteiger charge is 2.21. The molecule has 0 N–H and O–H groups in total. The van der Waals surface area contributed by atoms with Crippen LogP contribution in [0.25, 0.3) is 150 Å². The molecule has 15 rings (SSSR count). The summed E-state index contributed by atoms with van der Waals surface area (Å²) in [5.74, 6) is 2.77. The van der Waals surface area contributed by atoms with Crippen molar-refractivity contribution in [2.45, 2.75) is 0 Å². The zero-order chi connectivity index (χ0) is 48.0. The van der Waals surface area contributed by atoms with Gasteiger partial charge in [-0.05, 0) is 134 Å². The molecule has 340 valence electrons. The second-order valence-corrected chi connectivity index (χ2v) is 18.5. The van der Waals surface area contributed by atoms with Crippen molar-refractivity contribution in [2.75, 3.05) is 0 Å². The minimum Gasteiger partial charge on any atom is -0.436 e. The first-order valence-corrected chi connectivity index (χ1v) is 24.3. The second kappa shape index (κ2) is 16.3. The van der Waals surface area contributed by atoms with Crippen molar-refractivity contribution < 1.29 is 8.83 Å². The van der Waals surface area contributed by atoms with Gasteiger partial charge in [-0.2, -0.15) is 0 Å². The number of rotatable bonds is 7. The number of para-hydroxylation sites is 5. The summed E-state index contributed by atoms with van der Waals surface area (Å²) in [6.07, 6.45) is 0. The molecule has 11 aromatic carbocycles. The third-order valence-electron chi connectivity index (χ3n) is 14.0. The molecule has 8 heteroatoms. The van der Waals surface area contributed by atoms with E-state index in [4.69, 9.17) is 33.8 Å². The molecule has 8 nitrogen and oxygen atoms in total. The van der Waals surface area contributed by atoms with Crippen LogP contribution < -0.4 is 0 Å². The Morgan fingerprint density at radius 1 is 0.301 bits per heavy atom. The van der Waals surface area contributed by atoms with Crippen molar-refractivity contribution in [3.8, 4) is 73.9 Å². The maximum Gasteiger partial charge on any atom is 0.227 e. The predicted octanol–water partition coefficient (Wildman–Crippen LogP) is 16.7. The van der Waals surface area contributed by atoms with Gasteiger partial charge in [-0.15, -0.1) is 0 Å². The van der Waals surface area contributed by atoms with Crippen LogP contribution >= 0.6 is 0 Å². The maximum atomic E-state index is 6.10. The van der Waals surface area contributed by atoms with Crippen LogP contribution in [0.4, 0.5) is 0 Å². The molecule has 0 aliphatic carbocycles. The molecule has 4 heterocycles. The Morgan fingerprint density at radius 2 is 0.753 bits per heavy atom. The number of aromatic nitrogens is 6. The number of fused-ring (bicyclic) bond motifs is 8. The molecule has 0 atom stereocenters. The van der Waals surface area contributed by atoms with Crippen LogP contribution in [0.1, 0.15) is 0 Å². The van der Waals surface area contributed by atoms with Crippen molar-refractivity contribution in [1.29, 1.82) is 0 Å². The highest BCUT2D eigenvalue weighted by Crippen LogP contribution is 2.45. The lowest BCUT2D eigenvalue weighted by Gasteiger charge is -2.13. The summed E-state index contributed by atoms with van der Waals surface area (Å²) in [6, 6.07) is 80.1. The van der Waals surface area contributed by atoms with Gasteiger partial charge in [0.25, 0.3) is 0 Å².